The monoisotopic (exact) mass is 234 g/mol. The van der Waals surface area contributed by atoms with Crippen molar-refractivity contribution in [1.82, 2.24) is 4.90 Å². The van der Waals surface area contributed by atoms with Gasteiger partial charge in [0.2, 0.25) is 0 Å². The van der Waals surface area contributed by atoms with E-state index in [1.807, 2.05) is 12.1 Å². The van der Waals surface area contributed by atoms with Crippen LogP contribution in [0.2, 0.25) is 0 Å². The van der Waals surface area contributed by atoms with Crippen molar-refractivity contribution in [3.8, 4) is 0 Å². The fraction of sp³-hybridized carbons (Fsp3) is 0.571. The Morgan fingerprint density at radius 2 is 1.94 bits per heavy atom. The van der Waals surface area contributed by atoms with E-state index in [9.17, 15) is 4.39 Å². The van der Waals surface area contributed by atoms with Gasteiger partial charge in [0.1, 0.15) is 5.82 Å². The molecule has 1 aromatic carbocycles. The molecule has 2 aliphatic heterocycles. The Labute approximate surface area is 102 Å². The molecule has 0 bridgehead atoms. The largest absolute Gasteiger partial charge is 0.366 e. The molecule has 17 heavy (non-hydrogen) atoms. The number of hydrogen-bond donors (Lipinski definition) is 0. The molecular weight excluding hydrogens is 215 g/mol. The summed E-state index contributed by atoms with van der Waals surface area (Å²) in [7, 11) is 0. The predicted octanol–water partition coefficient (Wildman–Crippen LogP) is 2.50. The third kappa shape index (κ3) is 2.04. The van der Waals surface area contributed by atoms with Gasteiger partial charge in [-0.3, -0.25) is 4.90 Å². The molecule has 2 aliphatic rings. The minimum atomic E-state index is -0.152. The Hall–Kier alpha value is -1.09. The van der Waals surface area contributed by atoms with Crippen LogP contribution in [0.25, 0.3) is 0 Å². The SMILES string of the molecule is CC1CN2CCCC2CN1c1ccc(F)cc1. The van der Waals surface area contributed by atoms with Crippen LogP contribution < -0.4 is 4.90 Å². The first-order valence-electron chi connectivity index (χ1n) is 6.50. The first kappa shape index (κ1) is 11.0. The molecule has 0 saturated carbocycles. The van der Waals surface area contributed by atoms with Crippen molar-refractivity contribution in [2.24, 2.45) is 0 Å². The summed E-state index contributed by atoms with van der Waals surface area (Å²) < 4.78 is 12.9. The second-order valence-corrected chi connectivity index (χ2v) is 5.27. The van der Waals surface area contributed by atoms with E-state index in [-0.39, 0.29) is 5.82 Å². The molecule has 2 heterocycles. The van der Waals surface area contributed by atoms with Gasteiger partial charge in [-0.15, -0.1) is 0 Å². The topological polar surface area (TPSA) is 6.48 Å². The summed E-state index contributed by atoms with van der Waals surface area (Å²) in [5, 5.41) is 0. The smallest absolute Gasteiger partial charge is 0.123 e. The molecule has 2 fully saturated rings. The summed E-state index contributed by atoms with van der Waals surface area (Å²) in [6, 6.07) is 8.14. The van der Waals surface area contributed by atoms with Crippen molar-refractivity contribution in [2.45, 2.75) is 31.8 Å². The quantitative estimate of drug-likeness (QED) is 0.736. The van der Waals surface area contributed by atoms with Crippen molar-refractivity contribution in [3.05, 3.63) is 30.1 Å². The molecule has 2 saturated heterocycles. The lowest BCUT2D eigenvalue weighted by molar-refractivity contribution is 0.203. The second kappa shape index (κ2) is 4.30. The molecule has 3 rings (SSSR count). The Morgan fingerprint density at radius 3 is 2.71 bits per heavy atom. The van der Waals surface area contributed by atoms with E-state index >= 15 is 0 Å². The number of fused-ring (bicyclic) bond motifs is 1. The molecule has 0 spiro atoms. The molecule has 2 nitrogen and oxygen atoms in total. The lowest BCUT2D eigenvalue weighted by Crippen LogP contribution is -2.55. The van der Waals surface area contributed by atoms with Crippen LogP contribution in [0.4, 0.5) is 10.1 Å². The van der Waals surface area contributed by atoms with Crippen LogP contribution in [0, 0.1) is 5.82 Å². The summed E-state index contributed by atoms with van der Waals surface area (Å²) in [6.07, 6.45) is 2.64. The van der Waals surface area contributed by atoms with Gasteiger partial charge in [-0.2, -0.15) is 0 Å². The zero-order valence-corrected chi connectivity index (χ0v) is 10.3. The molecule has 0 radical (unpaired) electrons. The van der Waals surface area contributed by atoms with Crippen molar-refractivity contribution in [3.63, 3.8) is 0 Å². The van der Waals surface area contributed by atoms with Gasteiger partial charge in [0, 0.05) is 30.9 Å². The van der Waals surface area contributed by atoms with Crippen LogP contribution in [0.1, 0.15) is 19.8 Å². The van der Waals surface area contributed by atoms with Gasteiger partial charge in [-0.05, 0) is 50.6 Å². The highest BCUT2D eigenvalue weighted by molar-refractivity contribution is 5.48. The number of benzene rings is 1. The average molecular weight is 234 g/mol. The first-order valence-corrected chi connectivity index (χ1v) is 6.50. The molecule has 0 N–H and O–H groups in total. The minimum Gasteiger partial charge on any atom is -0.366 e. The van der Waals surface area contributed by atoms with Gasteiger partial charge in [-0.1, -0.05) is 0 Å². The molecular formula is C14H19FN2. The summed E-state index contributed by atoms with van der Waals surface area (Å²) >= 11 is 0. The van der Waals surface area contributed by atoms with Gasteiger partial charge in [0.15, 0.2) is 0 Å². The van der Waals surface area contributed by atoms with Crippen molar-refractivity contribution in [1.29, 1.82) is 0 Å². The van der Waals surface area contributed by atoms with Crippen LogP contribution in [0.15, 0.2) is 24.3 Å². The highest BCUT2D eigenvalue weighted by Crippen LogP contribution is 2.28. The molecule has 0 aliphatic carbocycles. The minimum absolute atomic E-state index is 0.152. The highest BCUT2D eigenvalue weighted by Gasteiger charge is 2.34. The fourth-order valence-electron chi connectivity index (χ4n) is 3.18. The molecule has 1 aromatic rings. The van der Waals surface area contributed by atoms with Gasteiger partial charge >= 0.3 is 0 Å². The maximum absolute atomic E-state index is 12.9. The number of nitrogens with zero attached hydrogens (tertiary/aromatic N) is 2. The van der Waals surface area contributed by atoms with Crippen LogP contribution in [0.3, 0.4) is 0 Å². The number of hydrogen-bond acceptors (Lipinski definition) is 2. The van der Waals surface area contributed by atoms with E-state index in [2.05, 4.69) is 16.7 Å². The highest BCUT2D eigenvalue weighted by atomic mass is 19.1. The molecule has 2 atom stereocenters. The number of halogens is 1. The number of rotatable bonds is 1. The van der Waals surface area contributed by atoms with E-state index < -0.39 is 0 Å². The predicted molar refractivity (Wildman–Crippen MR) is 67.8 cm³/mol. The summed E-state index contributed by atoms with van der Waals surface area (Å²) in [4.78, 5) is 5.02. The van der Waals surface area contributed by atoms with E-state index in [1.54, 1.807) is 12.1 Å². The van der Waals surface area contributed by atoms with Gasteiger partial charge in [0.05, 0.1) is 0 Å². The van der Waals surface area contributed by atoms with Crippen molar-refractivity contribution >= 4 is 5.69 Å². The van der Waals surface area contributed by atoms with Crippen molar-refractivity contribution < 1.29 is 4.39 Å². The van der Waals surface area contributed by atoms with Gasteiger partial charge in [-0.25, -0.2) is 4.39 Å². The van der Waals surface area contributed by atoms with E-state index in [4.69, 9.17) is 0 Å². The Kier molecular flexibility index (Phi) is 2.79. The first-order chi connectivity index (χ1) is 8.24. The van der Waals surface area contributed by atoms with Crippen molar-refractivity contribution in [2.75, 3.05) is 24.5 Å². The third-order valence-electron chi connectivity index (χ3n) is 4.10. The summed E-state index contributed by atoms with van der Waals surface area (Å²) in [5.74, 6) is -0.152. The van der Waals surface area contributed by atoms with Crippen LogP contribution >= 0.6 is 0 Å². The average Bonchev–Trinajstić information content (AvgIpc) is 2.76. The summed E-state index contributed by atoms with van der Waals surface area (Å²) in [5.41, 5.74) is 1.16. The molecule has 0 aromatic heterocycles. The second-order valence-electron chi connectivity index (χ2n) is 5.27. The molecule has 0 amide bonds. The zero-order valence-electron chi connectivity index (χ0n) is 10.3. The normalized spacial score (nSPS) is 29.4. The lowest BCUT2D eigenvalue weighted by atomic mass is 10.1. The standard InChI is InChI=1S/C14H19FN2/c1-11-9-16-8-2-3-14(16)10-17(11)13-6-4-12(15)5-7-13/h4-7,11,14H,2-3,8-10H2,1H3. The zero-order chi connectivity index (χ0) is 11.8. The lowest BCUT2D eigenvalue weighted by Gasteiger charge is -2.43. The van der Waals surface area contributed by atoms with Gasteiger partial charge < -0.3 is 4.90 Å². The number of piperazine rings is 1. The number of anilines is 1. The van der Waals surface area contributed by atoms with Crippen LogP contribution in [0.5, 0.6) is 0 Å². The van der Waals surface area contributed by atoms with Crippen LogP contribution in [-0.4, -0.2) is 36.6 Å². The van der Waals surface area contributed by atoms with E-state index in [1.165, 1.54) is 19.4 Å². The molecule has 92 valence electrons. The Morgan fingerprint density at radius 1 is 1.18 bits per heavy atom. The summed E-state index contributed by atoms with van der Waals surface area (Å²) in [6.45, 7) is 5.75. The fourth-order valence-corrected chi connectivity index (χ4v) is 3.18. The molecule has 3 heteroatoms. The van der Waals surface area contributed by atoms with E-state index in [0.717, 1.165) is 18.8 Å². The third-order valence-corrected chi connectivity index (χ3v) is 4.10. The Bertz CT molecular complexity index is 390. The maximum Gasteiger partial charge on any atom is 0.123 e. The van der Waals surface area contributed by atoms with Gasteiger partial charge in [0.25, 0.3) is 0 Å². The Balaban J connectivity index is 1.80. The maximum atomic E-state index is 12.9. The van der Waals surface area contributed by atoms with E-state index in [0.29, 0.717) is 12.1 Å². The molecule has 2 unspecified atom stereocenters. The van der Waals surface area contributed by atoms with Crippen LogP contribution in [-0.2, 0) is 0 Å².